The lowest BCUT2D eigenvalue weighted by Crippen LogP contribution is -2.49. The molecular formula is C11H19F3N2O2. The van der Waals surface area contributed by atoms with Crippen molar-refractivity contribution in [1.82, 2.24) is 5.32 Å². The molecule has 0 aromatic rings. The first-order valence-electron chi connectivity index (χ1n) is 6.02. The second-order valence-electron chi connectivity index (χ2n) is 4.57. The van der Waals surface area contributed by atoms with Gasteiger partial charge in [-0.3, -0.25) is 4.79 Å². The number of hydrogen-bond donors (Lipinski definition) is 2. The van der Waals surface area contributed by atoms with Gasteiger partial charge in [-0.1, -0.05) is 0 Å². The quantitative estimate of drug-likeness (QED) is 0.736. The number of amides is 1. The van der Waals surface area contributed by atoms with E-state index in [1.54, 1.807) is 0 Å². The van der Waals surface area contributed by atoms with E-state index in [9.17, 15) is 18.0 Å². The molecule has 4 nitrogen and oxygen atoms in total. The van der Waals surface area contributed by atoms with Crippen molar-refractivity contribution in [1.29, 1.82) is 0 Å². The number of carbonyl (C=O) groups excluding carboxylic acids is 1. The molecule has 18 heavy (non-hydrogen) atoms. The molecule has 0 saturated carbocycles. The molecule has 1 aliphatic heterocycles. The Balaban J connectivity index is 2.34. The zero-order chi connectivity index (χ0) is 13.6. The Kier molecular flexibility index (Phi) is 5.40. The third-order valence-corrected chi connectivity index (χ3v) is 3.24. The minimum Gasteiger partial charge on any atom is -0.381 e. The molecule has 1 amide bonds. The van der Waals surface area contributed by atoms with Gasteiger partial charge in [0.1, 0.15) is 0 Å². The Morgan fingerprint density at radius 2 is 1.94 bits per heavy atom. The van der Waals surface area contributed by atoms with E-state index in [4.69, 9.17) is 10.5 Å². The number of ether oxygens (including phenoxy) is 1. The Hall–Kier alpha value is -0.820. The van der Waals surface area contributed by atoms with E-state index < -0.39 is 18.0 Å². The Morgan fingerprint density at radius 1 is 1.33 bits per heavy atom. The van der Waals surface area contributed by atoms with Crippen molar-refractivity contribution >= 4 is 5.91 Å². The predicted molar refractivity (Wildman–Crippen MR) is 59.8 cm³/mol. The van der Waals surface area contributed by atoms with Crippen LogP contribution in [-0.2, 0) is 9.53 Å². The van der Waals surface area contributed by atoms with Crippen LogP contribution in [-0.4, -0.2) is 38.4 Å². The Morgan fingerprint density at radius 3 is 2.44 bits per heavy atom. The van der Waals surface area contributed by atoms with Crippen LogP contribution in [0.3, 0.4) is 0 Å². The molecule has 0 aromatic heterocycles. The van der Waals surface area contributed by atoms with E-state index >= 15 is 0 Å². The number of rotatable bonds is 5. The topological polar surface area (TPSA) is 64.4 Å². The summed E-state index contributed by atoms with van der Waals surface area (Å²) in [5, 5.41) is 2.54. The third kappa shape index (κ3) is 4.45. The van der Waals surface area contributed by atoms with Crippen LogP contribution in [0.2, 0.25) is 0 Å². The predicted octanol–water partition coefficient (Wildman–Crippen LogP) is 1.20. The van der Waals surface area contributed by atoms with Crippen LogP contribution in [0.1, 0.15) is 25.7 Å². The zero-order valence-electron chi connectivity index (χ0n) is 10.2. The van der Waals surface area contributed by atoms with E-state index in [-0.39, 0.29) is 25.4 Å². The highest BCUT2D eigenvalue weighted by Gasteiger charge is 2.38. The molecule has 0 spiro atoms. The van der Waals surface area contributed by atoms with Gasteiger partial charge in [-0.15, -0.1) is 0 Å². The average molecular weight is 268 g/mol. The molecule has 7 heteroatoms. The summed E-state index contributed by atoms with van der Waals surface area (Å²) in [6, 6.07) is 0. The van der Waals surface area contributed by atoms with E-state index in [1.165, 1.54) is 0 Å². The fourth-order valence-corrected chi connectivity index (χ4v) is 1.96. The highest BCUT2D eigenvalue weighted by atomic mass is 19.4. The van der Waals surface area contributed by atoms with Crippen LogP contribution in [0, 0.1) is 5.41 Å². The second kappa shape index (κ2) is 6.38. The van der Waals surface area contributed by atoms with E-state index in [2.05, 4.69) is 5.32 Å². The summed E-state index contributed by atoms with van der Waals surface area (Å²) in [5.74, 6) is -0.254. The summed E-state index contributed by atoms with van der Waals surface area (Å²) >= 11 is 0. The molecule has 0 radical (unpaired) electrons. The molecule has 1 fully saturated rings. The molecule has 106 valence electrons. The van der Waals surface area contributed by atoms with E-state index in [1.807, 2.05) is 0 Å². The molecule has 1 saturated heterocycles. The third-order valence-electron chi connectivity index (χ3n) is 3.24. The van der Waals surface area contributed by atoms with Crippen LogP contribution in [0.15, 0.2) is 0 Å². The SMILES string of the molecule is NCC1(C(=O)NCCCC(F)(F)F)CCOCC1. The van der Waals surface area contributed by atoms with Gasteiger partial charge in [-0.25, -0.2) is 0 Å². The number of nitrogens with one attached hydrogen (secondary N) is 1. The van der Waals surface area contributed by atoms with E-state index in [0.29, 0.717) is 26.1 Å². The summed E-state index contributed by atoms with van der Waals surface area (Å²) in [7, 11) is 0. The molecule has 0 aromatic carbocycles. The van der Waals surface area contributed by atoms with Crippen molar-refractivity contribution in [3.63, 3.8) is 0 Å². The standard InChI is InChI=1S/C11H19F3N2O2/c12-11(13,14)2-1-5-16-9(17)10(8-15)3-6-18-7-4-10/h1-8,15H2,(H,16,17). The average Bonchev–Trinajstić information content (AvgIpc) is 2.34. The normalized spacial score (nSPS) is 19.6. The maximum Gasteiger partial charge on any atom is 0.389 e. The summed E-state index contributed by atoms with van der Waals surface area (Å²) in [5.41, 5.74) is 4.95. The van der Waals surface area contributed by atoms with Crippen molar-refractivity contribution in [2.24, 2.45) is 11.1 Å². The molecule has 0 bridgehead atoms. The number of nitrogens with two attached hydrogens (primary N) is 1. The van der Waals surface area contributed by atoms with Crippen molar-refractivity contribution in [2.75, 3.05) is 26.3 Å². The van der Waals surface area contributed by atoms with Gasteiger partial charge in [0.25, 0.3) is 0 Å². The van der Waals surface area contributed by atoms with Crippen molar-refractivity contribution in [2.45, 2.75) is 31.9 Å². The monoisotopic (exact) mass is 268 g/mol. The molecular weight excluding hydrogens is 249 g/mol. The van der Waals surface area contributed by atoms with Crippen molar-refractivity contribution in [3.8, 4) is 0 Å². The van der Waals surface area contributed by atoms with Crippen molar-refractivity contribution < 1.29 is 22.7 Å². The van der Waals surface area contributed by atoms with Crippen LogP contribution in [0.4, 0.5) is 13.2 Å². The summed E-state index contributed by atoms with van der Waals surface area (Å²) in [4.78, 5) is 11.9. The number of alkyl halides is 3. The first kappa shape index (κ1) is 15.2. The van der Waals surface area contributed by atoms with Crippen LogP contribution >= 0.6 is 0 Å². The number of halogens is 3. The maximum absolute atomic E-state index is 11.9. The lowest BCUT2D eigenvalue weighted by atomic mass is 9.79. The largest absolute Gasteiger partial charge is 0.389 e. The molecule has 1 heterocycles. The molecule has 1 rings (SSSR count). The first-order valence-corrected chi connectivity index (χ1v) is 6.02. The van der Waals surface area contributed by atoms with Gasteiger partial charge in [-0.05, 0) is 19.3 Å². The molecule has 1 aliphatic rings. The fraction of sp³-hybridized carbons (Fsp3) is 0.909. The molecule has 0 aliphatic carbocycles. The molecule has 3 N–H and O–H groups in total. The maximum atomic E-state index is 11.9. The van der Waals surface area contributed by atoms with Crippen molar-refractivity contribution in [3.05, 3.63) is 0 Å². The first-order chi connectivity index (χ1) is 8.40. The van der Waals surface area contributed by atoms with Crippen LogP contribution < -0.4 is 11.1 Å². The van der Waals surface area contributed by atoms with Gasteiger partial charge in [0.05, 0.1) is 5.41 Å². The summed E-state index contributed by atoms with van der Waals surface area (Å²) in [6.45, 7) is 1.16. The van der Waals surface area contributed by atoms with Crippen LogP contribution in [0.25, 0.3) is 0 Å². The number of carbonyl (C=O) groups is 1. The van der Waals surface area contributed by atoms with Gasteiger partial charge in [-0.2, -0.15) is 13.2 Å². The number of hydrogen-bond acceptors (Lipinski definition) is 3. The Bertz CT molecular complexity index is 276. The fourth-order valence-electron chi connectivity index (χ4n) is 1.96. The minimum absolute atomic E-state index is 0.0287. The van der Waals surface area contributed by atoms with Gasteiger partial charge < -0.3 is 15.8 Å². The zero-order valence-corrected chi connectivity index (χ0v) is 10.2. The summed E-state index contributed by atoms with van der Waals surface area (Å²) < 4.78 is 40.9. The lowest BCUT2D eigenvalue weighted by Gasteiger charge is -2.34. The van der Waals surface area contributed by atoms with E-state index in [0.717, 1.165) is 0 Å². The smallest absolute Gasteiger partial charge is 0.381 e. The molecule has 0 unspecified atom stereocenters. The summed E-state index contributed by atoms with van der Waals surface area (Å²) in [6.07, 6.45) is -4.11. The van der Waals surface area contributed by atoms with Crippen LogP contribution in [0.5, 0.6) is 0 Å². The van der Waals surface area contributed by atoms with Gasteiger partial charge in [0.2, 0.25) is 5.91 Å². The highest BCUT2D eigenvalue weighted by molar-refractivity contribution is 5.83. The second-order valence-corrected chi connectivity index (χ2v) is 4.57. The van der Waals surface area contributed by atoms with Gasteiger partial charge in [0, 0.05) is 32.7 Å². The Labute approximate surface area is 104 Å². The lowest BCUT2D eigenvalue weighted by molar-refractivity contribution is -0.139. The minimum atomic E-state index is -4.17. The van der Waals surface area contributed by atoms with Gasteiger partial charge in [0.15, 0.2) is 0 Å². The molecule has 0 atom stereocenters. The highest BCUT2D eigenvalue weighted by Crippen LogP contribution is 2.29. The van der Waals surface area contributed by atoms with Gasteiger partial charge >= 0.3 is 6.18 Å².